The SMILES string of the molecule is CC1(C(=O)NCCCO)COC(c2nc(-c3ccc(F)cc3)c(-c3ccncc3)[nH]2)OC1. The lowest BCUT2D eigenvalue weighted by Gasteiger charge is -2.35. The number of hydrogen-bond acceptors (Lipinski definition) is 6. The molecular formula is C23H25FN4O4. The highest BCUT2D eigenvalue weighted by Crippen LogP contribution is 2.35. The van der Waals surface area contributed by atoms with Crippen LogP contribution < -0.4 is 5.32 Å². The van der Waals surface area contributed by atoms with Crippen LogP contribution in [0.15, 0.2) is 48.8 Å². The standard InChI is InChI=1S/C23H25FN4O4/c1-23(22(30)26-9-2-12-29)13-31-21(32-14-23)20-27-18(15-3-5-17(24)6-4-15)19(28-20)16-7-10-25-11-8-16/h3-8,10-11,21,29H,2,9,12-14H2,1H3,(H,26,30)(H,27,28). The summed E-state index contributed by atoms with van der Waals surface area (Å²) in [6, 6.07) is 9.79. The van der Waals surface area contributed by atoms with Gasteiger partial charge in [-0.15, -0.1) is 0 Å². The molecule has 9 heteroatoms. The predicted octanol–water partition coefficient (Wildman–Crippen LogP) is 2.83. The second-order valence-electron chi connectivity index (χ2n) is 7.94. The summed E-state index contributed by atoms with van der Waals surface area (Å²) in [7, 11) is 0. The van der Waals surface area contributed by atoms with Gasteiger partial charge in [-0.05, 0) is 49.7 Å². The Hall–Kier alpha value is -3.14. The van der Waals surface area contributed by atoms with Gasteiger partial charge < -0.3 is 24.9 Å². The van der Waals surface area contributed by atoms with Gasteiger partial charge in [0.1, 0.15) is 5.82 Å². The lowest BCUT2D eigenvalue weighted by molar-refractivity contribution is -0.231. The number of aliphatic hydroxyl groups is 1. The molecular weight excluding hydrogens is 415 g/mol. The van der Waals surface area contributed by atoms with Crippen LogP contribution in [0.3, 0.4) is 0 Å². The Bertz CT molecular complexity index is 1050. The first kappa shape index (κ1) is 22.1. The van der Waals surface area contributed by atoms with E-state index in [1.165, 1.54) is 12.1 Å². The molecule has 1 aliphatic heterocycles. The van der Waals surface area contributed by atoms with Crippen LogP contribution in [0, 0.1) is 11.2 Å². The molecule has 0 radical (unpaired) electrons. The molecule has 1 saturated heterocycles. The van der Waals surface area contributed by atoms with Crippen LogP contribution >= 0.6 is 0 Å². The number of carbonyl (C=O) groups is 1. The number of aromatic nitrogens is 3. The summed E-state index contributed by atoms with van der Waals surface area (Å²) in [5, 5.41) is 11.7. The van der Waals surface area contributed by atoms with Crippen LogP contribution in [0.2, 0.25) is 0 Å². The molecule has 0 atom stereocenters. The fraction of sp³-hybridized carbons (Fsp3) is 0.348. The monoisotopic (exact) mass is 440 g/mol. The fourth-order valence-corrected chi connectivity index (χ4v) is 3.44. The van der Waals surface area contributed by atoms with Crippen molar-refractivity contribution in [3.05, 3.63) is 60.4 Å². The van der Waals surface area contributed by atoms with Gasteiger partial charge in [-0.1, -0.05) is 0 Å². The van der Waals surface area contributed by atoms with Crippen molar-refractivity contribution in [2.45, 2.75) is 19.6 Å². The van der Waals surface area contributed by atoms with Gasteiger partial charge in [0, 0.05) is 36.7 Å². The number of benzene rings is 1. The number of aliphatic hydroxyl groups excluding tert-OH is 1. The third-order valence-corrected chi connectivity index (χ3v) is 5.31. The first-order chi connectivity index (χ1) is 15.5. The van der Waals surface area contributed by atoms with Crippen molar-refractivity contribution in [1.82, 2.24) is 20.3 Å². The Labute approximate surface area is 184 Å². The Morgan fingerprint density at radius 1 is 1.19 bits per heavy atom. The van der Waals surface area contributed by atoms with E-state index in [0.29, 0.717) is 24.5 Å². The quantitative estimate of drug-likeness (QED) is 0.488. The van der Waals surface area contributed by atoms with Crippen molar-refractivity contribution < 1.29 is 23.8 Å². The third-order valence-electron chi connectivity index (χ3n) is 5.31. The van der Waals surface area contributed by atoms with E-state index >= 15 is 0 Å². The molecule has 0 spiro atoms. The first-order valence-electron chi connectivity index (χ1n) is 10.4. The Balaban J connectivity index is 1.56. The molecule has 1 aliphatic rings. The van der Waals surface area contributed by atoms with Crippen molar-refractivity contribution in [3.63, 3.8) is 0 Å². The number of H-pyrrole nitrogens is 1. The van der Waals surface area contributed by atoms with E-state index in [4.69, 9.17) is 14.6 Å². The minimum Gasteiger partial charge on any atom is -0.396 e. The van der Waals surface area contributed by atoms with E-state index in [2.05, 4.69) is 20.3 Å². The number of carbonyl (C=O) groups excluding carboxylic acids is 1. The van der Waals surface area contributed by atoms with Crippen LogP contribution in [0.4, 0.5) is 4.39 Å². The normalized spacial score (nSPS) is 20.8. The van der Waals surface area contributed by atoms with Crippen LogP contribution in [0.1, 0.15) is 25.5 Å². The maximum atomic E-state index is 13.4. The van der Waals surface area contributed by atoms with E-state index in [-0.39, 0.29) is 31.5 Å². The molecule has 0 bridgehead atoms. The van der Waals surface area contributed by atoms with Gasteiger partial charge in [-0.25, -0.2) is 9.37 Å². The molecule has 2 aromatic heterocycles. The smallest absolute Gasteiger partial charge is 0.230 e. The summed E-state index contributed by atoms with van der Waals surface area (Å²) in [5.41, 5.74) is 2.13. The summed E-state index contributed by atoms with van der Waals surface area (Å²) >= 11 is 0. The molecule has 3 aromatic rings. The molecule has 3 heterocycles. The number of hydrogen-bond donors (Lipinski definition) is 3. The van der Waals surface area contributed by atoms with Crippen LogP contribution in [0.5, 0.6) is 0 Å². The van der Waals surface area contributed by atoms with Gasteiger partial charge in [-0.2, -0.15) is 0 Å². The van der Waals surface area contributed by atoms with E-state index in [1.807, 2.05) is 12.1 Å². The summed E-state index contributed by atoms with van der Waals surface area (Å²) in [6.07, 6.45) is 3.07. The minimum atomic E-state index is -0.841. The highest BCUT2D eigenvalue weighted by Gasteiger charge is 2.40. The van der Waals surface area contributed by atoms with Crippen LogP contribution in [-0.2, 0) is 14.3 Å². The maximum Gasteiger partial charge on any atom is 0.230 e. The molecule has 8 nitrogen and oxygen atoms in total. The molecule has 32 heavy (non-hydrogen) atoms. The van der Waals surface area contributed by atoms with Gasteiger partial charge in [0.05, 0.1) is 30.0 Å². The lowest BCUT2D eigenvalue weighted by Crippen LogP contribution is -2.48. The molecule has 1 amide bonds. The molecule has 168 valence electrons. The zero-order valence-electron chi connectivity index (χ0n) is 17.7. The molecule has 1 aromatic carbocycles. The van der Waals surface area contributed by atoms with Gasteiger partial charge in [0.25, 0.3) is 0 Å². The molecule has 1 fully saturated rings. The van der Waals surface area contributed by atoms with E-state index in [1.54, 1.807) is 31.5 Å². The molecule has 0 unspecified atom stereocenters. The summed E-state index contributed by atoms with van der Waals surface area (Å²) < 4.78 is 25.2. The van der Waals surface area contributed by atoms with Crippen molar-refractivity contribution in [2.75, 3.05) is 26.4 Å². The largest absolute Gasteiger partial charge is 0.396 e. The average Bonchev–Trinajstić information content (AvgIpc) is 3.26. The van der Waals surface area contributed by atoms with E-state index < -0.39 is 11.7 Å². The average molecular weight is 440 g/mol. The highest BCUT2D eigenvalue weighted by atomic mass is 19.1. The minimum absolute atomic E-state index is 0.0146. The van der Waals surface area contributed by atoms with Gasteiger partial charge in [0.15, 0.2) is 5.82 Å². The molecule has 0 saturated carbocycles. The lowest BCUT2D eigenvalue weighted by atomic mass is 9.91. The number of halogens is 1. The van der Waals surface area contributed by atoms with E-state index in [0.717, 1.165) is 16.8 Å². The number of imidazole rings is 1. The van der Waals surface area contributed by atoms with Gasteiger partial charge in [-0.3, -0.25) is 9.78 Å². The number of pyridine rings is 1. The second kappa shape index (κ2) is 9.56. The molecule has 0 aliphatic carbocycles. The Kier molecular flexibility index (Phi) is 6.59. The maximum absolute atomic E-state index is 13.4. The van der Waals surface area contributed by atoms with Crippen molar-refractivity contribution in [3.8, 4) is 22.5 Å². The van der Waals surface area contributed by atoms with Gasteiger partial charge >= 0.3 is 0 Å². The van der Waals surface area contributed by atoms with Crippen molar-refractivity contribution in [1.29, 1.82) is 0 Å². The summed E-state index contributed by atoms with van der Waals surface area (Å²) in [6.45, 7) is 2.48. The number of amides is 1. The first-order valence-corrected chi connectivity index (χ1v) is 10.4. The zero-order chi connectivity index (χ0) is 22.6. The summed E-state index contributed by atoms with van der Waals surface area (Å²) in [5.74, 6) is -0.0577. The predicted molar refractivity (Wildman–Crippen MR) is 115 cm³/mol. The summed E-state index contributed by atoms with van der Waals surface area (Å²) in [4.78, 5) is 24.5. The van der Waals surface area contributed by atoms with Crippen molar-refractivity contribution >= 4 is 5.91 Å². The number of ether oxygens (including phenoxy) is 2. The third kappa shape index (κ3) is 4.69. The number of aromatic amines is 1. The molecule has 3 N–H and O–H groups in total. The highest BCUT2D eigenvalue weighted by molar-refractivity contribution is 5.82. The Morgan fingerprint density at radius 3 is 2.53 bits per heavy atom. The fourth-order valence-electron chi connectivity index (χ4n) is 3.44. The zero-order valence-corrected chi connectivity index (χ0v) is 17.7. The number of rotatable bonds is 7. The van der Waals surface area contributed by atoms with Crippen LogP contribution in [0.25, 0.3) is 22.5 Å². The van der Waals surface area contributed by atoms with E-state index in [9.17, 15) is 9.18 Å². The number of nitrogens with one attached hydrogen (secondary N) is 2. The molecule has 4 rings (SSSR count). The number of nitrogens with zero attached hydrogens (tertiary/aromatic N) is 2. The van der Waals surface area contributed by atoms with Gasteiger partial charge in [0.2, 0.25) is 12.2 Å². The van der Waals surface area contributed by atoms with Crippen molar-refractivity contribution in [2.24, 2.45) is 5.41 Å². The topological polar surface area (TPSA) is 109 Å². The van der Waals surface area contributed by atoms with Crippen LogP contribution in [-0.4, -0.2) is 52.3 Å². The second-order valence-corrected chi connectivity index (χ2v) is 7.94. The Morgan fingerprint density at radius 2 is 1.88 bits per heavy atom.